The van der Waals surface area contributed by atoms with E-state index in [1.165, 1.54) is 21.6 Å². The van der Waals surface area contributed by atoms with E-state index in [1.807, 2.05) is 6.08 Å². The molecule has 2 bridgehead atoms. The molecular formula is C22H34N4O6S2. The molecule has 1 fully saturated rings. The lowest BCUT2D eigenvalue weighted by atomic mass is 10.0. The van der Waals surface area contributed by atoms with Crippen LogP contribution in [0.5, 0.6) is 0 Å². The maximum atomic E-state index is 13.1. The molecule has 2 aliphatic heterocycles. The standard InChI is InChI=1S/C22H34N4O6S2/c1-12(2)18-21(30)23-10-17(28)32-14-7-5-6-8-33-34-11-15(20(29)26-18)24-22(31)19(13(3)4)25-16(27)9-14/h5,7,12-15,18-19H,6,8-11H2,1-4H3,(H,23,30)(H,24,31)(H,25,27)(H,26,29)/b7-5-/t14-,15-,18+,19-/m1/s1. The van der Waals surface area contributed by atoms with Crippen molar-refractivity contribution in [2.24, 2.45) is 11.8 Å². The lowest BCUT2D eigenvalue weighted by Crippen LogP contribution is -2.59. The van der Waals surface area contributed by atoms with Crippen molar-refractivity contribution in [1.29, 1.82) is 0 Å². The summed E-state index contributed by atoms with van der Waals surface area (Å²) in [6.07, 6.45) is 3.13. The normalized spacial score (nSPS) is 29.4. The lowest BCUT2D eigenvalue weighted by molar-refractivity contribution is -0.148. The average molecular weight is 515 g/mol. The molecule has 2 rings (SSSR count). The van der Waals surface area contributed by atoms with Crippen LogP contribution in [-0.4, -0.2) is 71.9 Å². The van der Waals surface area contributed by atoms with Crippen LogP contribution in [0.25, 0.3) is 0 Å². The van der Waals surface area contributed by atoms with Crippen LogP contribution in [0.4, 0.5) is 0 Å². The third-order valence-electron chi connectivity index (χ3n) is 5.26. The minimum absolute atomic E-state index is 0.173. The summed E-state index contributed by atoms with van der Waals surface area (Å²) in [7, 11) is 2.97. The van der Waals surface area contributed by atoms with E-state index in [2.05, 4.69) is 21.3 Å². The maximum Gasteiger partial charge on any atom is 0.326 e. The number of nitrogens with one attached hydrogen (secondary N) is 4. The molecule has 4 amide bonds. The van der Waals surface area contributed by atoms with Crippen molar-refractivity contribution >= 4 is 51.2 Å². The Hall–Kier alpha value is -2.21. The van der Waals surface area contributed by atoms with E-state index in [4.69, 9.17) is 4.74 Å². The molecule has 0 spiro atoms. The molecule has 0 aliphatic carbocycles. The zero-order valence-corrected chi connectivity index (χ0v) is 21.6. The van der Waals surface area contributed by atoms with Gasteiger partial charge in [-0.05, 0) is 24.3 Å². The molecule has 0 unspecified atom stereocenters. The summed E-state index contributed by atoms with van der Waals surface area (Å²) in [5.74, 6) is -2.23. The molecule has 4 N–H and O–H groups in total. The number of carbonyl (C=O) groups excluding carboxylic acids is 5. The minimum atomic E-state index is -0.913. The van der Waals surface area contributed by atoms with Crippen LogP contribution in [0.3, 0.4) is 0 Å². The van der Waals surface area contributed by atoms with Crippen LogP contribution in [0.15, 0.2) is 12.2 Å². The smallest absolute Gasteiger partial charge is 0.326 e. The van der Waals surface area contributed by atoms with Crippen LogP contribution in [0.1, 0.15) is 40.5 Å². The SMILES string of the molecule is CC(C)[C@@H]1NC(=O)[C@H]2CSSCC/C=C\[C@H](CC(=O)N[C@H](C(C)C)C(=O)N2)OC(=O)CNC1=O. The van der Waals surface area contributed by atoms with Gasteiger partial charge in [0.15, 0.2) is 0 Å². The van der Waals surface area contributed by atoms with Gasteiger partial charge in [0, 0.05) is 11.5 Å². The Bertz CT molecular complexity index is 804. The number of amides is 4. The van der Waals surface area contributed by atoms with Gasteiger partial charge in [-0.15, -0.1) is 0 Å². The first kappa shape index (κ1) is 28.0. The van der Waals surface area contributed by atoms with Crippen molar-refractivity contribution in [1.82, 2.24) is 21.3 Å². The molecule has 1 saturated heterocycles. The van der Waals surface area contributed by atoms with Gasteiger partial charge in [-0.1, -0.05) is 55.4 Å². The van der Waals surface area contributed by atoms with E-state index >= 15 is 0 Å². The first-order valence-corrected chi connectivity index (χ1v) is 13.9. The molecule has 0 saturated carbocycles. The highest BCUT2D eigenvalue weighted by molar-refractivity contribution is 8.76. The van der Waals surface area contributed by atoms with Crippen molar-refractivity contribution in [3.63, 3.8) is 0 Å². The van der Waals surface area contributed by atoms with E-state index in [0.29, 0.717) is 6.42 Å². The third kappa shape index (κ3) is 8.86. The first-order chi connectivity index (χ1) is 16.1. The monoisotopic (exact) mass is 514 g/mol. The van der Waals surface area contributed by atoms with E-state index in [-0.39, 0.29) is 24.0 Å². The number of ether oxygens (including phenoxy) is 1. The second-order valence-electron chi connectivity index (χ2n) is 8.85. The van der Waals surface area contributed by atoms with Crippen LogP contribution in [0.2, 0.25) is 0 Å². The fraction of sp³-hybridized carbons (Fsp3) is 0.682. The number of hydrogen-bond donors (Lipinski definition) is 4. The second kappa shape index (κ2) is 13.6. The summed E-state index contributed by atoms with van der Waals surface area (Å²) in [5, 5.41) is 10.7. The van der Waals surface area contributed by atoms with Gasteiger partial charge in [-0.3, -0.25) is 24.0 Å². The molecule has 0 radical (unpaired) electrons. The fourth-order valence-corrected chi connectivity index (χ4v) is 5.51. The molecule has 4 atom stereocenters. The summed E-state index contributed by atoms with van der Waals surface area (Å²) < 4.78 is 5.42. The topological polar surface area (TPSA) is 143 Å². The number of rotatable bonds is 2. The molecule has 34 heavy (non-hydrogen) atoms. The predicted molar refractivity (Wildman–Crippen MR) is 132 cm³/mol. The Morgan fingerprint density at radius 2 is 1.56 bits per heavy atom. The second-order valence-corrected chi connectivity index (χ2v) is 11.5. The molecule has 0 aromatic rings. The first-order valence-electron chi connectivity index (χ1n) is 11.4. The predicted octanol–water partition coefficient (Wildman–Crippen LogP) is 0.526. The zero-order chi connectivity index (χ0) is 25.3. The molecule has 2 aliphatic rings. The Balaban J connectivity index is 2.46. The third-order valence-corrected chi connectivity index (χ3v) is 7.71. The quantitative estimate of drug-likeness (QED) is 0.237. The van der Waals surface area contributed by atoms with Crippen molar-refractivity contribution in [2.75, 3.05) is 18.1 Å². The van der Waals surface area contributed by atoms with Crippen LogP contribution in [-0.2, 0) is 28.7 Å². The highest BCUT2D eigenvalue weighted by Crippen LogP contribution is 2.24. The number of carbonyl (C=O) groups is 5. The maximum absolute atomic E-state index is 13.1. The summed E-state index contributed by atoms with van der Waals surface area (Å²) in [6, 6.07) is -2.70. The van der Waals surface area contributed by atoms with Gasteiger partial charge in [0.2, 0.25) is 23.6 Å². The van der Waals surface area contributed by atoms with Gasteiger partial charge in [0.05, 0.1) is 6.42 Å². The molecule has 10 nitrogen and oxygen atoms in total. The average Bonchev–Trinajstić information content (AvgIpc) is 2.76. The van der Waals surface area contributed by atoms with Crippen molar-refractivity contribution in [2.45, 2.75) is 64.8 Å². The number of fused-ring (bicyclic) bond motifs is 7. The molecule has 0 aromatic carbocycles. The van der Waals surface area contributed by atoms with E-state index in [0.717, 1.165) is 5.75 Å². The van der Waals surface area contributed by atoms with Crippen LogP contribution in [0, 0.1) is 11.8 Å². The molecule has 190 valence electrons. The fourth-order valence-electron chi connectivity index (χ4n) is 3.35. The van der Waals surface area contributed by atoms with Gasteiger partial charge in [0.1, 0.15) is 30.8 Å². The summed E-state index contributed by atoms with van der Waals surface area (Å²) in [4.78, 5) is 64.0. The number of allylic oxidation sites excluding steroid dienone is 1. The highest BCUT2D eigenvalue weighted by atomic mass is 33.1. The Morgan fingerprint density at radius 1 is 0.882 bits per heavy atom. The van der Waals surface area contributed by atoms with Gasteiger partial charge in [-0.25, -0.2) is 0 Å². The van der Waals surface area contributed by atoms with Gasteiger partial charge in [0.25, 0.3) is 0 Å². The summed E-state index contributed by atoms with van der Waals surface area (Å²) in [5.41, 5.74) is 0. The number of esters is 1. The molecular weight excluding hydrogens is 480 g/mol. The van der Waals surface area contributed by atoms with Gasteiger partial charge in [-0.2, -0.15) is 0 Å². The largest absolute Gasteiger partial charge is 0.456 e. The molecule has 12 heteroatoms. The number of hydrogen-bond acceptors (Lipinski definition) is 8. The Morgan fingerprint density at radius 3 is 2.24 bits per heavy atom. The van der Waals surface area contributed by atoms with E-state index in [9.17, 15) is 24.0 Å². The van der Waals surface area contributed by atoms with Crippen LogP contribution >= 0.6 is 21.6 Å². The Labute approximate surface area is 207 Å². The van der Waals surface area contributed by atoms with E-state index < -0.39 is 60.4 Å². The summed E-state index contributed by atoms with van der Waals surface area (Å²) in [6.45, 7) is 6.71. The van der Waals surface area contributed by atoms with E-state index in [1.54, 1.807) is 33.8 Å². The van der Waals surface area contributed by atoms with Gasteiger partial charge >= 0.3 is 5.97 Å². The molecule has 0 aromatic heterocycles. The van der Waals surface area contributed by atoms with Crippen molar-refractivity contribution in [3.8, 4) is 0 Å². The zero-order valence-electron chi connectivity index (χ0n) is 19.9. The van der Waals surface area contributed by atoms with Crippen molar-refractivity contribution < 1.29 is 28.7 Å². The Kier molecular flexibility index (Phi) is 11.2. The highest BCUT2D eigenvalue weighted by Gasteiger charge is 2.33. The molecule has 2 heterocycles. The van der Waals surface area contributed by atoms with Gasteiger partial charge < -0.3 is 26.0 Å². The van der Waals surface area contributed by atoms with Crippen LogP contribution < -0.4 is 21.3 Å². The minimum Gasteiger partial charge on any atom is -0.456 e. The van der Waals surface area contributed by atoms with Crippen molar-refractivity contribution in [3.05, 3.63) is 12.2 Å². The lowest BCUT2D eigenvalue weighted by Gasteiger charge is -2.28. The summed E-state index contributed by atoms with van der Waals surface area (Å²) >= 11 is 0.